The highest BCUT2D eigenvalue weighted by Gasteiger charge is 2.22. The lowest BCUT2D eigenvalue weighted by Gasteiger charge is -2.22. The standard InChI is InChI=1S/C8H6INO2/c9-10-7-4-2-1-3-6(7)5-12-8(10)11/h1-4H,5H2. The fourth-order valence-corrected chi connectivity index (χ4v) is 1.73. The maximum Gasteiger partial charge on any atom is 0.423 e. The summed E-state index contributed by atoms with van der Waals surface area (Å²) in [6.07, 6.45) is -0.297. The number of halogens is 1. The Morgan fingerprint density at radius 1 is 1.42 bits per heavy atom. The lowest BCUT2D eigenvalue weighted by atomic mass is 10.2. The van der Waals surface area contributed by atoms with Crippen LogP contribution in [0.3, 0.4) is 0 Å². The van der Waals surface area contributed by atoms with E-state index in [1.165, 1.54) is 3.11 Å². The zero-order chi connectivity index (χ0) is 8.55. The lowest BCUT2D eigenvalue weighted by Crippen LogP contribution is -2.26. The lowest BCUT2D eigenvalue weighted by molar-refractivity contribution is 0.148. The molecule has 62 valence electrons. The van der Waals surface area contributed by atoms with E-state index in [2.05, 4.69) is 0 Å². The van der Waals surface area contributed by atoms with Gasteiger partial charge in [-0.1, -0.05) is 18.2 Å². The van der Waals surface area contributed by atoms with Crippen LogP contribution in [-0.4, -0.2) is 6.09 Å². The first-order chi connectivity index (χ1) is 5.79. The minimum Gasteiger partial charge on any atom is -0.444 e. The minimum absolute atomic E-state index is 0.297. The van der Waals surface area contributed by atoms with E-state index in [9.17, 15) is 4.79 Å². The fourth-order valence-electron chi connectivity index (χ4n) is 1.12. The quantitative estimate of drug-likeness (QED) is 0.537. The SMILES string of the molecule is O=C1OCc2ccccc2N1I. The van der Waals surface area contributed by atoms with Gasteiger partial charge in [0.25, 0.3) is 0 Å². The van der Waals surface area contributed by atoms with Crippen molar-refractivity contribution in [2.45, 2.75) is 6.61 Å². The zero-order valence-electron chi connectivity index (χ0n) is 6.16. The van der Waals surface area contributed by atoms with Crippen LogP contribution >= 0.6 is 22.9 Å². The van der Waals surface area contributed by atoms with Crippen molar-refractivity contribution in [3.8, 4) is 0 Å². The van der Waals surface area contributed by atoms with Gasteiger partial charge in [-0.05, 0) is 6.07 Å². The number of hydrogen-bond donors (Lipinski definition) is 0. The molecule has 3 nitrogen and oxygen atoms in total. The molecule has 2 rings (SSSR count). The molecule has 0 saturated heterocycles. The van der Waals surface area contributed by atoms with E-state index in [1.807, 2.05) is 47.1 Å². The van der Waals surface area contributed by atoms with Crippen LogP contribution in [0.15, 0.2) is 24.3 Å². The Morgan fingerprint density at radius 3 is 3.00 bits per heavy atom. The number of cyclic esters (lactones) is 1. The Balaban J connectivity index is 2.48. The Kier molecular flexibility index (Phi) is 1.92. The number of amides is 1. The molecule has 1 aromatic rings. The highest BCUT2D eigenvalue weighted by molar-refractivity contribution is 14.1. The second kappa shape index (κ2) is 2.93. The number of hydrogen-bond acceptors (Lipinski definition) is 2. The van der Waals surface area contributed by atoms with E-state index in [-0.39, 0.29) is 6.09 Å². The van der Waals surface area contributed by atoms with Gasteiger partial charge in [-0.15, -0.1) is 0 Å². The summed E-state index contributed by atoms with van der Waals surface area (Å²) in [6, 6.07) is 7.70. The molecule has 0 atom stereocenters. The van der Waals surface area contributed by atoms with Crippen LogP contribution < -0.4 is 3.11 Å². The molecule has 1 aliphatic heterocycles. The largest absolute Gasteiger partial charge is 0.444 e. The molecule has 1 aliphatic rings. The summed E-state index contributed by atoms with van der Waals surface area (Å²) in [4.78, 5) is 11.1. The predicted molar refractivity (Wildman–Crippen MR) is 53.1 cm³/mol. The van der Waals surface area contributed by atoms with Crippen molar-refractivity contribution in [3.63, 3.8) is 0 Å². The third kappa shape index (κ3) is 1.16. The van der Waals surface area contributed by atoms with Gasteiger partial charge in [0.15, 0.2) is 0 Å². The van der Waals surface area contributed by atoms with Gasteiger partial charge in [-0.2, -0.15) is 0 Å². The van der Waals surface area contributed by atoms with Gasteiger partial charge >= 0.3 is 6.09 Å². The smallest absolute Gasteiger partial charge is 0.423 e. The topological polar surface area (TPSA) is 29.5 Å². The average molecular weight is 275 g/mol. The maximum absolute atomic E-state index is 11.1. The van der Waals surface area contributed by atoms with Crippen LogP contribution in [0.25, 0.3) is 0 Å². The van der Waals surface area contributed by atoms with Crippen molar-refractivity contribution >= 4 is 34.6 Å². The van der Waals surface area contributed by atoms with Crippen LogP contribution in [0.1, 0.15) is 5.56 Å². The first-order valence-corrected chi connectivity index (χ1v) is 4.46. The minimum atomic E-state index is -0.297. The van der Waals surface area contributed by atoms with Crippen LogP contribution in [0, 0.1) is 0 Å². The Hall–Kier alpha value is -0.780. The molecule has 0 aliphatic carbocycles. The molecule has 1 aromatic carbocycles. The third-order valence-electron chi connectivity index (χ3n) is 1.71. The number of anilines is 1. The summed E-state index contributed by atoms with van der Waals surface area (Å²) in [5.74, 6) is 0. The molecular weight excluding hydrogens is 269 g/mol. The molecule has 0 saturated carbocycles. The van der Waals surface area contributed by atoms with Gasteiger partial charge < -0.3 is 4.74 Å². The number of carbonyl (C=O) groups excluding carboxylic acids is 1. The normalized spacial score (nSPS) is 15.4. The van der Waals surface area contributed by atoms with Gasteiger partial charge in [0, 0.05) is 5.56 Å². The molecule has 0 aromatic heterocycles. The number of fused-ring (bicyclic) bond motifs is 1. The molecule has 0 fully saturated rings. The van der Waals surface area contributed by atoms with Crippen molar-refractivity contribution in [3.05, 3.63) is 29.8 Å². The number of rotatable bonds is 0. The summed E-state index contributed by atoms with van der Waals surface area (Å²) >= 11 is 1.93. The van der Waals surface area contributed by atoms with Gasteiger partial charge in [0.05, 0.1) is 28.6 Å². The summed E-state index contributed by atoms with van der Waals surface area (Å²) in [5.41, 5.74) is 1.97. The van der Waals surface area contributed by atoms with Crippen LogP contribution in [0.5, 0.6) is 0 Å². The van der Waals surface area contributed by atoms with E-state index in [1.54, 1.807) is 0 Å². The highest BCUT2D eigenvalue weighted by Crippen LogP contribution is 2.28. The highest BCUT2D eigenvalue weighted by atomic mass is 127. The molecule has 4 heteroatoms. The summed E-state index contributed by atoms with van der Waals surface area (Å²) in [7, 11) is 0. The third-order valence-corrected chi connectivity index (χ3v) is 2.63. The molecule has 1 heterocycles. The van der Waals surface area contributed by atoms with Crippen molar-refractivity contribution in [2.24, 2.45) is 0 Å². The molecule has 0 radical (unpaired) electrons. The number of nitrogens with zero attached hydrogens (tertiary/aromatic N) is 1. The van der Waals surface area contributed by atoms with Crippen molar-refractivity contribution in [2.75, 3.05) is 3.11 Å². The predicted octanol–water partition coefficient (Wildman–Crippen LogP) is 2.49. The van der Waals surface area contributed by atoms with E-state index in [4.69, 9.17) is 4.74 Å². The van der Waals surface area contributed by atoms with Gasteiger partial charge in [-0.25, -0.2) is 7.91 Å². The number of ether oxygens (including phenoxy) is 1. The average Bonchev–Trinajstić information content (AvgIpc) is 2.12. The summed E-state index contributed by atoms with van der Waals surface area (Å²) < 4.78 is 6.38. The zero-order valence-corrected chi connectivity index (χ0v) is 8.32. The van der Waals surface area contributed by atoms with E-state index in [0.29, 0.717) is 6.61 Å². The Labute approximate surface area is 83.8 Å². The van der Waals surface area contributed by atoms with Gasteiger partial charge in [0.1, 0.15) is 6.61 Å². The first kappa shape index (κ1) is 7.85. The second-order valence-electron chi connectivity index (χ2n) is 2.46. The molecule has 0 bridgehead atoms. The number of carbonyl (C=O) groups is 1. The Morgan fingerprint density at radius 2 is 2.17 bits per heavy atom. The van der Waals surface area contributed by atoms with Gasteiger partial charge in [0.2, 0.25) is 0 Å². The molecular formula is C8H6INO2. The molecule has 12 heavy (non-hydrogen) atoms. The van der Waals surface area contributed by atoms with E-state index in [0.717, 1.165) is 11.3 Å². The molecule has 0 spiro atoms. The monoisotopic (exact) mass is 275 g/mol. The van der Waals surface area contributed by atoms with Crippen molar-refractivity contribution in [1.82, 2.24) is 0 Å². The summed E-state index contributed by atoms with van der Waals surface area (Å²) in [5, 5.41) is 0. The number of para-hydroxylation sites is 1. The summed E-state index contributed by atoms with van der Waals surface area (Å²) in [6.45, 7) is 0.383. The van der Waals surface area contributed by atoms with Crippen LogP contribution in [0.4, 0.5) is 10.5 Å². The molecule has 1 amide bonds. The molecule has 0 N–H and O–H groups in total. The maximum atomic E-state index is 11.1. The molecule has 0 unspecified atom stereocenters. The van der Waals surface area contributed by atoms with Gasteiger partial charge in [-0.3, -0.25) is 0 Å². The number of benzene rings is 1. The second-order valence-corrected chi connectivity index (χ2v) is 3.43. The fraction of sp³-hybridized carbons (Fsp3) is 0.125. The van der Waals surface area contributed by atoms with Crippen LogP contribution in [0.2, 0.25) is 0 Å². The van der Waals surface area contributed by atoms with Crippen molar-refractivity contribution in [1.29, 1.82) is 0 Å². The Bertz CT molecular complexity index is 327. The first-order valence-electron chi connectivity index (χ1n) is 3.49. The van der Waals surface area contributed by atoms with Crippen molar-refractivity contribution < 1.29 is 9.53 Å². The van der Waals surface area contributed by atoms with E-state index >= 15 is 0 Å². The van der Waals surface area contributed by atoms with E-state index < -0.39 is 0 Å². The van der Waals surface area contributed by atoms with Crippen LogP contribution in [-0.2, 0) is 11.3 Å².